The van der Waals surface area contributed by atoms with Gasteiger partial charge in [-0.05, 0) is 48.5 Å². The molecule has 1 aromatic rings. The quantitative estimate of drug-likeness (QED) is 0.806. The molecule has 1 saturated heterocycles. The zero-order chi connectivity index (χ0) is 13.2. The van der Waals surface area contributed by atoms with Gasteiger partial charge < -0.3 is 10.2 Å². The molecule has 0 spiro atoms. The average Bonchev–Trinajstić information content (AvgIpc) is 2.79. The van der Waals surface area contributed by atoms with E-state index in [1.165, 1.54) is 11.3 Å². The second-order valence-corrected chi connectivity index (χ2v) is 7.40. The Morgan fingerprint density at radius 1 is 1.61 bits per heavy atom. The van der Waals surface area contributed by atoms with Gasteiger partial charge in [-0.15, -0.1) is 11.3 Å². The predicted molar refractivity (Wildman–Crippen MR) is 79.6 cm³/mol. The lowest BCUT2D eigenvalue weighted by atomic mass is 9.89. The number of carbonyl (C=O) groups excluding carboxylic acids is 1. The maximum absolute atomic E-state index is 12.1. The van der Waals surface area contributed by atoms with Crippen LogP contribution in [0.25, 0.3) is 0 Å². The van der Waals surface area contributed by atoms with E-state index in [0.717, 1.165) is 16.0 Å². The van der Waals surface area contributed by atoms with E-state index in [1.807, 2.05) is 18.5 Å². The number of rotatable bonds is 2. The molecule has 0 bridgehead atoms. The second kappa shape index (κ2) is 5.55. The summed E-state index contributed by atoms with van der Waals surface area (Å²) >= 11 is 3.72. The maximum atomic E-state index is 12.1. The molecular weight excluding hydrogens is 361 g/mol. The van der Waals surface area contributed by atoms with Gasteiger partial charge in [-0.3, -0.25) is 4.79 Å². The van der Waals surface area contributed by atoms with Crippen LogP contribution in [0.5, 0.6) is 0 Å². The third-order valence-corrected chi connectivity index (χ3v) is 5.03. The highest BCUT2D eigenvalue weighted by Gasteiger charge is 2.35. The largest absolute Gasteiger partial charge is 0.334 e. The van der Waals surface area contributed by atoms with Gasteiger partial charge in [-0.2, -0.15) is 5.26 Å². The van der Waals surface area contributed by atoms with Gasteiger partial charge in [0.2, 0.25) is 0 Å². The first-order valence-electron chi connectivity index (χ1n) is 5.71. The molecule has 1 fully saturated rings. The summed E-state index contributed by atoms with van der Waals surface area (Å²) < 4.78 is 1.08. The van der Waals surface area contributed by atoms with E-state index in [1.54, 1.807) is 0 Å². The van der Waals surface area contributed by atoms with Crippen molar-refractivity contribution in [1.82, 2.24) is 10.2 Å². The maximum Gasteiger partial charge on any atom is 0.253 e. The molecule has 18 heavy (non-hydrogen) atoms. The number of nitrogens with one attached hydrogen (secondary N) is 1. The minimum absolute atomic E-state index is 0.139. The molecule has 0 saturated carbocycles. The van der Waals surface area contributed by atoms with Gasteiger partial charge in [0.05, 0.1) is 14.5 Å². The average molecular weight is 375 g/mol. The van der Waals surface area contributed by atoms with Crippen LogP contribution in [0.4, 0.5) is 0 Å². The molecule has 1 N–H and O–H groups in total. The van der Waals surface area contributed by atoms with Crippen LogP contribution in [0.3, 0.4) is 0 Å². The summed E-state index contributed by atoms with van der Waals surface area (Å²) in [5.74, 6) is -0.139. The van der Waals surface area contributed by atoms with E-state index in [9.17, 15) is 10.1 Å². The highest BCUT2D eigenvalue weighted by Crippen LogP contribution is 2.22. The minimum atomic E-state index is -0.697. The fourth-order valence-corrected chi connectivity index (χ4v) is 3.31. The molecule has 0 radical (unpaired) electrons. The first-order chi connectivity index (χ1) is 8.54. The number of hydrogen-bond acceptors (Lipinski definition) is 4. The lowest BCUT2D eigenvalue weighted by Gasteiger charge is -2.35. The summed E-state index contributed by atoms with van der Waals surface area (Å²) in [6, 6.07) is 4.14. The van der Waals surface area contributed by atoms with Gasteiger partial charge in [0.25, 0.3) is 5.91 Å². The van der Waals surface area contributed by atoms with Crippen LogP contribution in [0.15, 0.2) is 11.4 Å². The van der Waals surface area contributed by atoms with Gasteiger partial charge in [0.1, 0.15) is 5.54 Å². The van der Waals surface area contributed by atoms with E-state index in [2.05, 4.69) is 38.9 Å². The molecule has 6 heteroatoms. The normalized spacial score (nSPS) is 19.2. The number of thiophene rings is 1. The van der Waals surface area contributed by atoms with Crippen LogP contribution < -0.4 is 5.32 Å². The summed E-state index contributed by atoms with van der Waals surface area (Å²) in [4.78, 5) is 14.3. The molecule has 96 valence electrons. The SMILES string of the molecule is CN1CCC(C#N)(NC(=O)c2csc(I)c2)CC1. The summed E-state index contributed by atoms with van der Waals surface area (Å²) in [6.07, 6.45) is 1.37. The number of likely N-dealkylation sites (tertiary alicyclic amines) is 1. The third kappa shape index (κ3) is 3.02. The molecule has 0 atom stereocenters. The lowest BCUT2D eigenvalue weighted by Crippen LogP contribution is -2.53. The van der Waals surface area contributed by atoms with Crippen molar-refractivity contribution in [2.75, 3.05) is 20.1 Å². The van der Waals surface area contributed by atoms with Crippen molar-refractivity contribution < 1.29 is 4.79 Å². The first-order valence-corrected chi connectivity index (χ1v) is 7.67. The zero-order valence-corrected chi connectivity index (χ0v) is 13.0. The fourth-order valence-electron chi connectivity index (χ4n) is 1.98. The fraction of sp³-hybridized carbons (Fsp3) is 0.500. The molecule has 1 amide bonds. The standard InChI is InChI=1S/C12H14IN3OS/c1-16-4-2-12(8-14,3-5-16)15-11(17)9-6-10(13)18-7-9/h6-7H,2-5H2,1H3,(H,15,17). The van der Waals surface area contributed by atoms with Crippen molar-refractivity contribution in [3.63, 3.8) is 0 Å². The van der Waals surface area contributed by atoms with E-state index < -0.39 is 5.54 Å². The van der Waals surface area contributed by atoms with Crippen LogP contribution >= 0.6 is 33.9 Å². The molecule has 2 rings (SSSR count). The van der Waals surface area contributed by atoms with E-state index in [4.69, 9.17) is 0 Å². The Morgan fingerprint density at radius 2 is 2.28 bits per heavy atom. The molecular formula is C12H14IN3OS. The molecule has 4 nitrogen and oxygen atoms in total. The topological polar surface area (TPSA) is 56.1 Å². The number of amides is 1. The van der Waals surface area contributed by atoms with Crippen LogP contribution in [-0.2, 0) is 0 Å². The number of nitriles is 1. The second-order valence-electron chi connectivity index (χ2n) is 4.59. The molecule has 2 heterocycles. The van der Waals surface area contributed by atoms with Crippen molar-refractivity contribution >= 4 is 39.8 Å². The molecule has 0 aliphatic carbocycles. The molecule has 1 aromatic heterocycles. The van der Waals surface area contributed by atoms with Crippen molar-refractivity contribution in [3.8, 4) is 6.07 Å². The number of hydrogen-bond donors (Lipinski definition) is 1. The van der Waals surface area contributed by atoms with Crippen molar-refractivity contribution in [2.45, 2.75) is 18.4 Å². The monoisotopic (exact) mass is 375 g/mol. The Labute approximate surface area is 124 Å². The third-order valence-electron chi connectivity index (χ3n) is 3.24. The van der Waals surface area contributed by atoms with Crippen LogP contribution in [0.2, 0.25) is 0 Å². The van der Waals surface area contributed by atoms with Gasteiger partial charge in [0, 0.05) is 18.5 Å². The van der Waals surface area contributed by atoms with Gasteiger partial charge in [-0.1, -0.05) is 0 Å². The smallest absolute Gasteiger partial charge is 0.253 e. The minimum Gasteiger partial charge on any atom is -0.334 e. The Hall–Kier alpha value is -0.650. The number of carbonyl (C=O) groups is 1. The highest BCUT2D eigenvalue weighted by atomic mass is 127. The van der Waals surface area contributed by atoms with E-state index in [0.29, 0.717) is 18.4 Å². The van der Waals surface area contributed by atoms with E-state index >= 15 is 0 Å². The predicted octanol–water partition coefficient (Wildman–Crippen LogP) is 2.07. The van der Waals surface area contributed by atoms with Crippen molar-refractivity contribution in [1.29, 1.82) is 5.26 Å². The van der Waals surface area contributed by atoms with Gasteiger partial charge in [-0.25, -0.2) is 0 Å². The Balaban J connectivity index is 2.07. The Kier molecular flexibility index (Phi) is 4.25. The van der Waals surface area contributed by atoms with E-state index in [-0.39, 0.29) is 5.91 Å². The Morgan fingerprint density at radius 3 is 2.78 bits per heavy atom. The van der Waals surface area contributed by atoms with Gasteiger partial charge >= 0.3 is 0 Å². The van der Waals surface area contributed by atoms with Crippen LogP contribution in [0.1, 0.15) is 23.2 Å². The highest BCUT2D eigenvalue weighted by molar-refractivity contribution is 14.1. The first kappa shape index (κ1) is 13.8. The lowest BCUT2D eigenvalue weighted by molar-refractivity contribution is 0.0882. The molecule has 0 aromatic carbocycles. The van der Waals surface area contributed by atoms with Crippen molar-refractivity contribution in [3.05, 3.63) is 19.9 Å². The van der Waals surface area contributed by atoms with Crippen LogP contribution in [0, 0.1) is 14.2 Å². The summed E-state index contributed by atoms with van der Waals surface area (Å²) in [5, 5.41) is 14.1. The van der Waals surface area contributed by atoms with Crippen molar-refractivity contribution in [2.24, 2.45) is 0 Å². The molecule has 0 unspecified atom stereocenters. The Bertz CT molecular complexity index is 486. The number of halogens is 1. The summed E-state index contributed by atoms with van der Waals surface area (Å²) in [6.45, 7) is 1.68. The molecule has 1 aliphatic rings. The van der Waals surface area contributed by atoms with Gasteiger partial charge in [0.15, 0.2) is 0 Å². The number of nitrogens with zero attached hydrogens (tertiary/aromatic N) is 2. The summed E-state index contributed by atoms with van der Waals surface area (Å²) in [5.41, 5.74) is -0.0466. The zero-order valence-electron chi connectivity index (χ0n) is 10.1. The molecule has 1 aliphatic heterocycles. The van der Waals surface area contributed by atoms with Crippen LogP contribution in [-0.4, -0.2) is 36.5 Å². The number of piperidine rings is 1. The summed E-state index contributed by atoms with van der Waals surface area (Å²) in [7, 11) is 2.03.